The van der Waals surface area contributed by atoms with Gasteiger partial charge in [0.05, 0.1) is 7.11 Å². The monoisotopic (exact) mass is 437 g/mol. The van der Waals surface area contributed by atoms with Gasteiger partial charge in [-0.2, -0.15) is 0 Å². The van der Waals surface area contributed by atoms with Gasteiger partial charge in [0.15, 0.2) is 5.78 Å². The number of ketones is 1. The molecule has 6 heteroatoms. The molecule has 0 aliphatic carbocycles. The summed E-state index contributed by atoms with van der Waals surface area (Å²) in [7, 11) is 1.56. The van der Waals surface area contributed by atoms with E-state index in [1.54, 1.807) is 44.4 Å². The Bertz CT molecular complexity index is 716. The Morgan fingerprint density at radius 1 is 1.09 bits per heavy atom. The van der Waals surface area contributed by atoms with E-state index in [1.807, 2.05) is 13.8 Å². The Morgan fingerprint density at radius 2 is 1.62 bits per heavy atom. The Balaban J connectivity index is 0. The maximum absolute atomic E-state index is 12.2. The van der Waals surface area contributed by atoms with Crippen LogP contribution in [-0.4, -0.2) is 36.5 Å². The number of benzene rings is 1. The average Bonchev–Trinajstić information content (AvgIpc) is 2.67. The fraction of sp³-hybridized carbons (Fsp3) is 0.538. The van der Waals surface area contributed by atoms with Gasteiger partial charge in [0, 0.05) is 5.56 Å². The van der Waals surface area contributed by atoms with Crippen molar-refractivity contribution in [2.45, 2.75) is 85.4 Å². The van der Waals surface area contributed by atoms with Crippen molar-refractivity contribution >= 4 is 11.8 Å². The zero-order valence-corrected chi connectivity index (χ0v) is 21.5. The predicted octanol–water partition coefficient (Wildman–Crippen LogP) is 3.68. The molecule has 0 spiro atoms. The molecular weight excluding hydrogens is 397 g/mol. The van der Waals surface area contributed by atoms with Gasteiger partial charge in [0.1, 0.15) is 17.8 Å². The van der Waals surface area contributed by atoms with E-state index in [9.17, 15) is 9.59 Å². The first-order chi connectivity index (χ1) is 14.4. The first-order valence-electron chi connectivity index (χ1n) is 10.8. The number of Topliss-reactive ketones (excluding diaryl/α,β-unsaturated/α-hetero) is 1. The van der Waals surface area contributed by atoms with Crippen molar-refractivity contribution in [3.63, 3.8) is 0 Å². The summed E-state index contributed by atoms with van der Waals surface area (Å²) in [4.78, 5) is 24.2. The third-order valence-electron chi connectivity index (χ3n) is 4.29. The van der Waals surface area contributed by atoms with Crippen molar-refractivity contribution < 1.29 is 37.9 Å². The minimum atomic E-state index is -0.775. The van der Waals surface area contributed by atoms with E-state index in [0.29, 0.717) is 29.8 Å². The maximum Gasteiger partial charge on any atom is 1.00 e. The van der Waals surface area contributed by atoms with Gasteiger partial charge in [-0.25, -0.2) is 0 Å². The molecule has 0 heterocycles. The van der Waals surface area contributed by atoms with Crippen LogP contribution in [0.15, 0.2) is 48.6 Å². The number of carbonyl (C=O) groups is 2. The van der Waals surface area contributed by atoms with Crippen molar-refractivity contribution in [1.29, 1.82) is 0 Å². The third-order valence-corrected chi connectivity index (χ3v) is 4.29. The summed E-state index contributed by atoms with van der Waals surface area (Å²) in [6.07, 6.45) is 4.81. The molecule has 0 saturated heterocycles. The molecule has 0 N–H and O–H groups in total. The van der Waals surface area contributed by atoms with Gasteiger partial charge < -0.3 is 14.8 Å². The molecule has 0 amide bonds. The SMILES string of the molecule is C=CC(C)(CCC=C(C)C)OC(=O)CC(=O)c1ccc(OC)cc1.CC(C)[N-]C(C)C.[Li+]. The van der Waals surface area contributed by atoms with Crippen LogP contribution in [0.2, 0.25) is 0 Å². The van der Waals surface area contributed by atoms with Crippen LogP contribution in [0.3, 0.4) is 0 Å². The van der Waals surface area contributed by atoms with Crippen molar-refractivity contribution in [1.82, 2.24) is 0 Å². The number of hydrogen-bond donors (Lipinski definition) is 0. The van der Waals surface area contributed by atoms with Crippen LogP contribution in [0.25, 0.3) is 5.32 Å². The molecule has 174 valence electrons. The number of allylic oxidation sites excluding steroid dienone is 2. The Labute approximate surface area is 207 Å². The number of carbonyl (C=O) groups excluding carboxylic acids is 2. The number of hydrogen-bond acceptors (Lipinski definition) is 4. The second-order valence-corrected chi connectivity index (χ2v) is 8.48. The molecule has 1 aromatic carbocycles. The molecule has 0 radical (unpaired) electrons. The van der Waals surface area contributed by atoms with Crippen LogP contribution >= 0.6 is 0 Å². The summed E-state index contributed by atoms with van der Waals surface area (Å²) in [5, 5.41) is 4.28. The normalized spacial score (nSPS) is 11.9. The minimum Gasteiger partial charge on any atom is -0.658 e. The van der Waals surface area contributed by atoms with E-state index in [0.717, 1.165) is 6.42 Å². The molecule has 1 atom stereocenters. The van der Waals surface area contributed by atoms with Gasteiger partial charge in [0.2, 0.25) is 0 Å². The van der Waals surface area contributed by atoms with Crippen molar-refractivity contribution in [3.05, 3.63) is 59.4 Å². The van der Waals surface area contributed by atoms with Crippen LogP contribution in [0.1, 0.15) is 78.1 Å². The van der Waals surface area contributed by atoms with Gasteiger partial charge in [-0.1, -0.05) is 45.9 Å². The second kappa shape index (κ2) is 16.8. The number of rotatable bonds is 11. The smallest absolute Gasteiger partial charge is 0.658 e. The molecule has 5 nitrogen and oxygen atoms in total. The van der Waals surface area contributed by atoms with Crippen molar-refractivity contribution in [2.75, 3.05) is 7.11 Å². The minimum absolute atomic E-state index is 0. The molecule has 1 rings (SSSR count). The molecule has 0 aliphatic rings. The van der Waals surface area contributed by atoms with Crippen LogP contribution in [0.5, 0.6) is 5.75 Å². The summed E-state index contributed by atoms with van der Waals surface area (Å²) in [5.74, 6) is -0.165. The van der Waals surface area contributed by atoms with E-state index < -0.39 is 11.6 Å². The summed E-state index contributed by atoms with van der Waals surface area (Å²) in [6.45, 7) is 18.0. The molecule has 0 bridgehead atoms. The quantitative estimate of drug-likeness (QED) is 0.174. The maximum atomic E-state index is 12.2. The number of ether oxygens (including phenoxy) is 2. The van der Waals surface area contributed by atoms with E-state index >= 15 is 0 Å². The number of nitrogens with zero attached hydrogens (tertiary/aromatic N) is 1. The summed E-state index contributed by atoms with van der Waals surface area (Å²) >= 11 is 0. The predicted molar refractivity (Wildman–Crippen MR) is 129 cm³/mol. The summed E-state index contributed by atoms with van der Waals surface area (Å²) < 4.78 is 10.5. The Kier molecular flexibility index (Phi) is 17.0. The second-order valence-electron chi connectivity index (χ2n) is 8.48. The largest absolute Gasteiger partial charge is 1.00 e. The molecule has 32 heavy (non-hydrogen) atoms. The van der Waals surface area contributed by atoms with Gasteiger partial charge in [-0.15, -0.1) is 12.1 Å². The standard InChI is InChI=1S/C20H26O4.C6H14N.Li/c1-6-20(4,13-7-8-15(2)3)24-19(22)14-18(21)16-9-11-17(23-5)12-10-16;1-5(2)7-6(3)4;/h6,8-12H,1,7,13-14H2,2-5H3;5-6H,1-4H3;/q;-1;+1. The summed E-state index contributed by atoms with van der Waals surface area (Å²) in [5.41, 5.74) is 0.892. The van der Waals surface area contributed by atoms with E-state index in [1.165, 1.54) is 5.57 Å². The van der Waals surface area contributed by atoms with E-state index in [2.05, 4.69) is 45.7 Å². The zero-order valence-electron chi connectivity index (χ0n) is 21.5. The van der Waals surface area contributed by atoms with Crippen LogP contribution in [-0.2, 0) is 9.53 Å². The van der Waals surface area contributed by atoms with Gasteiger partial charge >= 0.3 is 24.8 Å². The molecular formula is C26H40LiNO4. The van der Waals surface area contributed by atoms with Gasteiger partial charge in [-0.3, -0.25) is 9.59 Å². The van der Waals surface area contributed by atoms with Gasteiger partial charge in [0.25, 0.3) is 0 Å². The van der Waals surface area contributed by atoms with Crippen LogP contribution < -0.4 is 23.6 Å². The van der Waals surface area contributed by atoms with Gasteiger partial charge in [-0.05, 0) is 64.0 Å². The van der Waals surface area contributed by atoms with Crippen molar-refractivity contribution in [2.24, 2.45) is 0 Å². The Morgan fingerprint density at radius 3 is 2.00 bits per heavy atom. The first-order valence-corrected chi connectivity index (χ1v) is 10.8. The fourth-order valence-corrected chi connectivity index (χ4v) is 2.74. The van der Waals surface area contributed by atoms with Crippen molar-refractivity contribution in [3.8, 4) is 5.75 Å². The number of methoxy groups -OCH3 is 1. The van der Waals surface area contributed by atoms with Crippen LogP contribution in [0.4, 0.5) is 0 Å². The average molecular weight is 438 g/mol. The van der Waals surface area contributed by atoms with Crippen LogP contribution in [0, 0.1) is 0 Å². The fourth-order valence-electron chi connectivity index (χ4n) is 2.74. The molecule has 0 aliphatic heterocycles. The summed E-state index contributed by atoms with van der Waals surface area (Å²) in [6, 6.07) is 7.64. The third kappa shape index (κ3) is 15.1. The zero-order chi connectivity index (χ0) is 24.0. The molecule has 1 unspecified atom stereocenters. The first kappa shape index (κ1) is 32.4. The molecule has 1 aromatic rings. The number of esters is 1. The van der Waals surface area contributed by atoms with E-state index in [-0.39, 0.29) is 31.1 Å². The molecule has 0 fully saturated rings. The Hall–Kier alpha value is -1.80. The van der Waals surface area contributed by atoms with E-state index in [4.69, 9.17) is 9.47 Å². The molecule has 0 saturated carbocycles. The topological polar surface area (TPSA) is 66.7 Å². The molecule has 0 aromatic heterocycles.